The molecule has 0 aliphatic carbocycles. The maximum Gasteiger partial charge on any atom is 0.256 e. The maximum atomic E-state index is 13.7. The summed E-state index contributed by atoms with van der Waals surface area (Å²) in [6, 6.07) is 13.4. The molecule has 2 N–H and O–H groups in total. The molecular weight excluding hydrogens is 455 g/mol. The van der Waals surface area contributed by atoms with Crippen molar-refractivity contribution in [2.75, 3.05) is 11.9 Å². The van der Waals surface area contributed by atoms with Gasteiger partial charge in [0.25, 0.3) is 11.8 Å². The predicted octanol–water partition coefficient (Wildman–Crippen LogP) is 7.16. The summed E-state index contributed by atoms with van der Waals surface area (Å²) in [7, 11) is 0. The van der Waals surface area contributed by atoms with Crippen molar-refractivity contribution in [3.8, 4) is 11.1 Å². The second-order valence-corrected chi connectivity index (χ2v) is 9.50. The Kier molecular flexibility index (Phi) is 8.04. The Bertz CT molecular complexity index is 1280. The van der Waals surface area contributed by atoms with Crippen LogP contribution < -0.4 is 10.6 Å². The van der Waals surface area contributed by atoms with Gasteiger partial charge in [0.1, 0.15) is 11.6 Å². The van der Waals surface area contributed by atoms with Crippen LogP contribution in [0.2, 0.25) is 0 Å². The monoisotopic (exact) mass is 488 g/mol. The molecule has 1 aromatic heterocycles. The summed E-state index contributed by atoms with van der Waals surface area (Å²) in [5.74, 6) is 0.931. The second-order valence-electron chi connectivity index (χ2n) is 9.50. The highest BCUT2D eigenvalue weighted by atomic mass is 19.1. The molecule has 2 amide bonds. The molecule has 6 heteroatoms. The van der Waals surface area contributed by atoms with Gasteiger partial charge in [-0.25, -0.2) is 4.39 Å². The standard InChI is InChI=1S/C30H33FN2O3/c1-4-7-20(19(3)5-2)12-13-32-29(34)22-9-6-8-21(14-22)23-15-25(36-18-23)17-27-26-16-24(31)10-11-28(26)33-30(27)35/h6,8-11,14-20H,4-5,7,12-13H2,1-3H3,(H,32,34)(H,33,35). The molecule has 36 heavy (non-hydrogen) atoms. The van der Waals surface area contributed by atoms with Crippen molar-refractivity contribution in [1.82, 2.24) is 5.32 Å². The molecule has 2 heterocycles. The number of rotatable bonds is 10. The number of carbonyl (C=O) groups is 2. The van der Waals surface area contributed by atoms with Crippen molar-refractivity contribution >= 4 is 29.2 Å². The normalized spacial score (nSPS) is 15.4. The fourth-order valence-electron chi connectivity index (χ4n) is 4.76. The number of benzene rings is 2. The Morgan fingerprint density at radius 1 is 1.11 bits per heavy atom. The van der Waals surface area contributed by atoms with Gasteiger partial charge in [-0.2, -0.15) is 0 Å². The average Bonchev–Trinajstić information content (AvgIpc) is 3.47. The number of hydrogen-bond donors (Lipinski definition) is 2. The van der Waals surface area contributed by atoms with Crippen molar-refractivity contribution in [3.63, 3.8) is 0 Å². The number of halogens is 1. The Hall–Kier alpha value is -3.67. The van der Waals surface area contributed by atoms with Crippen LogP contribution in [0.5, 0.6) is 0 Å². The van der Waals surface area contributed by atoms with Crippen molar-refractivity contribution < 1.29 is 18.4 Å². The number of furan rings is 1. The number of amides is 2. The summed E-state index contributed by atoms with van der Waals surface area (Å²) in [4.78, 5) is 25.2. The van der Waals surface area contributed by atoms with Crippen LogP contribution in [-0.4, -0.2) is 18.4 Å². The quantitative estimate of drug-likeness (QED) is 0.297. The van der Waals surface area contributed by atoms with Gasteiger partial charge in [-0.05, 0) is 66.3 Å². The topological polar surface area (TPSA) is 71.3 Å². The molecule has 2 aromatic carbocycles. The van der Waals surface area contributed by atoms with Crippen LogP contribution in [0.15, 0.2) is 59.2 Å². The minimum Gasteiger partial charge on any atom is -0.464 e. The lowest BCUT2D eigenvalue weighted by Crippen LogP contribution is -2.27. The van der Waals surface area contributed by atoms with E-state index in [1.165, 1.54) is 18.6 Å². The highest BCUT2D eigenvalue weighted by Crippen LogP contribution is 2.34. The van der Waals surface area contributed by atoms with Crippen LogP contribution in [-0.2, 0) is 4.79 Å². The number of anilines is 1. The van der Waals surface area contributed by atoms with Crippen molar-refractivity contribution in [2.24, 2.45) is 11.8 Å². The lowest BCUT2D eigenvalue weighted by atomic mass is 9.85. The van der Waals surface area contributed by atoms with E-state index in [2.05, 4.69) is 31.4 Å². The second kappa shape index (κ2) is 11.4. The van der Waals surface area contributed by atoms with Crippen LogP contribution in [0.3, 0.4) is 0 Å². The first-order chi connectivity index (χ1) is 17.4. The van der Waals surface area contributed by atoms with E-state index in [-0.39, 0.29) is 11.8 Å². The summed E-state index contributed by atoms with van der Waals surface area (Å²) in [6.07, 6.45) is 7.66. The first-order valence-corrected chi connectivity index (χ1v) is 12.7. The zero-order valence-corrected chi connectivity index (χ0v) is 21.1. The minimum atomic E-state index is -0.410. The van der Waals surface area contributed by atoms with Crippen molar-refractivity contribution in [1.29, 1.82) is 0 Å². The van der Waals surface area contributed by atoms with Gasteiger partial charge in [0, 0.05) is 28.9 Å². The van der Waals surface area contributed by atoms with E-state index < -0.39 is 5.82 Å². The van der Waals surface area contributed by atoms with Crippen molar-refractivity contribution in [3.05, 3.63) is 77.5 Å². The fraction of sp³-hybridized carbons (Fsp3) is 0.333. The zero-order valence-electron chi connectivity index (χ0n) is 21.1. The third-order valence-electron chi connectivity index (χ3n) is 7.04. The largest absolute Gasteiger partial charge is 0.464 e. The summed E-state index contributed by atoms with van der Waals surface area (Å²) in [6.45, 7) is 7.37. The van der Waals surface area contributed by atoms with Gasteiger partial charge in [-0.15, -0.1) is 0 Å². The number of hydrogen-bond acceptors (Lipinski definition) is 3. The van der Waals surface area contributed by atoms with Gasteiger partial charge in [-0.1, -0.05) is 52.2 Å². The van der Waals surface area contributed by atoms with Gasteiger partial charge in [-0.3, -0.25) is 9.59 Å². The third-order valence-corrected chi connectivity index (χ3v) is 7.04. The fourth-order valence-corrected chi connectivity index (χ4v) is 4.76. The Morgan fingerprint density at radius 2 is 1.94 bits per heavy atom. The minimum absolute atomic E-state index is 0.0941. The molecule has 0 radical (unpaired) electrons. The van der Waals surface area contributed by atoms with Crippen LogP contribution in [0.1, 0.15) is 68.1 Å². The Balaban J connectivity index is 1.45. The summed E-state index contributed by atoms with van der Waals surface area (Å²) >= 11 is 0. The van der Waals surface area contributed by atoms with Gasteiger partial charge in [0.2, 0.25) is 0 Å². The molecule has 0 saturated heterocycles. The van der Waals surface area contributed by atoms with Gasteiger partial charge in [0.05, 0.1) is 11.8 Å². The molecule has 2 atom stereocenters. The molecular formula is C30H33FN2O3. The first-order valence-electron chi connectivity index (χ1n) is 12.7. The van der Waals surface area contributed by atoms with E-state index >= 15 is 0 Å². The molecule has 0 fully saturated rings. The zero-order chi connectivity index (χ0) is 25.7. The molecule has 188 valence electrons. The molecule has 5 nitrogen and oxygen atoms in total. The molecule has 2 unspecified atom stereocenters. The lowest BCUT2D eigenvalue weighted by Gasteiger charge is -2.22. The lowest BCUT2D eigenvalue weighted by molar-refractivity contribution is -0.110. The van der Waals surface area contributed by atoms with E-state index in [1.807, 2.05) is 18.2 Å². The molecule has 1 aliphatic heterocycles. The summed E-state index contributed by atoms with van der Waals surface area (Å²) < 4.78 is 19.4. The van der Waals surface area contributed by atoms with Crippen LogP contribution in [0.4, 0.5) is 10.1 Å². The smallest absolute Gasteiger partial charge is 0.256 e. The van der Waals surface area contributed by atoms with Gasteiger partial charge >= 0.3 is 0 Å². The third kappa shape index (κ3) is 5.76. The van der Waals surface area contributed by atoms with E-state index in [4.69, 9.17) is 4.42 Å². The molecule has 3 aromatic rings. The highest BCUT2D eigenvalue weighted by Gasteiger charge is 2.25. The van der Waals surface area contributed by atoms with Crippen LogP contribution >= 0.6 is 0 Å². The predicted molar refractivity (Wildman–Crippen MR) is 142 cm³/mol. The van der Waals surface area contributed by atoms with E-state index in [0.717, 1.165) is 30.4 Å². The van der Waals surface area contributed by atoms with Gasteiger partial charge in [0.15, 0.2) is 0 Å². The van der Waals surface area contributed by atoms with E-state index in [0.29, 0.717) is 46.5 Å². The first kappa shape index (κ1) is 25.4. The average molecular weight is 489 g/mol. The van der Waals surface area contributed by atoms with Crippen LogP contribution in [0, 0.1) is 17.7 Å². The summed E-state index contributed by atoms with van der Waals surface area (Å²) in [5.41, 5.74) is 3.63. The highest BCUT2D eigenvalue weighted by molar-refractivity contribution is 6.34. The summed E-state index contributed by atoms with van der Waals surface area (Å²) in [5, 5.41) is 5.80. The number of fused-ring (bicyclic) bond motifs is 1. The Labute approximate surface area is 211 Å². The van der Waals surface area contributed by atoms with E-state index in [1.54, 1.807) is 30.5 Å². The maximum absolute atomic E-state index is 13.7. The van der Waals surface area contributed by atoms with Crippen molar-refractivity contribution in [2.45, 2.75) is 46.5 Å². The number of carbonyl (C=O) groups excluding carboxylic acids is 2. The number of nitrogens with one attached hydrogen (secondary N) is 2. The molecule has 0 bridgehead atoms. The van der Waals surface area contributed by atoms with E-state index in [9.17, 15) is 14.0 Å². The molecule has 0 spiro atoms. The molecule has 0 saturated carbocycles. The Morgan fingerprint density at radius 3 is 2.72 bits per heavy atom. The SMILES string of the molecule is CCCC(CCNC(=O)c1cccc(-c2coc(C=C3C(=O)Nc4ccc(F)cc43)c2)c1)C(C)CC. The van der Waals surface area contributed by atoms with Gasteiger partial charge < -0.3 is 15.1 Å². The molecule has 4 rings (SSSR count). The van der Waals surface area contributed by atoms with Crippen LogP contribution in [0.25, 0.3) is 22.8 Å². The molecule has 1 aliphatic rings.